The molecule has 0 bridgehead atoms. The summed E-state index contributed by atoms with van der Waals surface area (Å²) >= 11 is 0. The van der Waals surface area contributed by atoms with Gasteiger partial charge in [0, 0.05) is 24.9 Å². The van der Waals surface area contributed by atoms with Gasteiger partial charge in [0.25, 0.3) is 0 Å². The minimum atomic E-state index is -1.20. The highest BCUT2D eigenvalue weighted by molar-refractivity contribution is 5.94. The van der Waals surface area contributed by atoms with Crippen molar-refractivity contribution in [1.82, 2.24) is 25.5 Å². The molecule has 12 nitrogen and oxygen atoms in total. The van der Waals surface area contributed by atoms with Crippen LogP contribution in [0.3, 0.4) is 0 Å². The van der Waals surface area contributed by atoms with Gasteiger partial charge in [-0.15, -0.1) is 0 Å². The third-order valence-electron chi connectivity index (χ3n) is 5.74. The first-order chi connectivity index (χ1) is 15.2. The standard InChI is InChI=1S/C20H32N6O6/c1-3-11(2)16(20(31)32)25-18(29)15-5-4-6-26(15)19(30)14(7-12-8-22-10-23-12)24-17(28)13(21)9-27/h8,10-11,13-16,27H,3-7,9,21H2,1-2H3,(H,22,23)(H,24,28)(H,25,29)(H,31,32). The van der Waals surface area contributed by atoms with Gasteiger partial charge in [-0.25, -0.2) is 9.78 Å². The van der Waals surface area contributed by atoms with Crippen molar-refractivity contribution in [1.29, 1.82) is 0 Å². The molecule has 0 aliphatic carbocycles. The maximum atomic E-state index is 13.3. The van der Waals surface area contributed by atoms with Gasteiger partial charge in [0.2, 0.25) is 17.7 Å². The number of amides is 3. The normalized spacial score (nSPS) is 19.6. The number of aliphatic hydroxyl groups excluding tert-OH is 1. The number of aromatic amines is 1. The lowest BCUT2D eigenvalue weighted by molar-refractivity contribution is -0.146. The predicted molar refractivity (Wildman–Crippen MR) is 113 cm³/mol. The van der Waals surface area contributed by atoms with E-state index in [1.807, 2.05) is 6.92 Å². The molecule has 5 atom stereocenters. The number of carboxylic acid groups (broad SMARTS) is 1. The van der Waals surface area contributed by atoms with Gasteiger partial charge in [-0.1, -0.05) is 20.3 Å². The Labute approximate surface area is 185 Å². The van der Waals surface area contributed by atoms with Crippen LogP contribution in [-0.2, 0) is 25.6 Å². The molecule has 1 saturated heterocycles. The number of aromatic nitrogens is 2. The zero-order valence-electron chi connectivity index (χ0n) is 18.3. The summed E-state index contributed by atoms with van der Waals surface area (Å²) in [5.41, 5.74) is 6.15. The molecule has 3 amide bonds. The lowest BCUT2D eigenvalue weighted by Crippen LogP contribution is -2.58. The van der Waals surface area contributed by atoms with E-state index in [9.17, 15) is 24.3 Å². The average Bonchev–Trinajstić information content (AvgIpc) is 3.47. The number of rotatable bonds is 11. The maximum absolute atomic E-state index is 13.3. The summed E-state index contributed by atoms with van der Waals surface area (Å²) < 4.78 is 0. The molecule has 1 fully saturated rings. The number of hydrogen-bond donors (Lipinski definition) is 6. The summed E-state index contributed by atoms with van der Waals surface area (Å²) in [4.78, 5) is 58.1. The molecule has 1 aromatic rings. The number of likely N-dealkylation sites (tertiary alicyclic amines) is 1. The summed E-state index contributed by atoms with van der Waals surface area (Å²) in [6.07, 6.45) is 4.53. The van der Waals surface area contributed by atoms with E-state index in [2.05, 4.69) is 20.6 Å². The molecule has 1 aliphatic rings. The molecule has 32 heavy (non-hydrogen) atoms. The van der Waals surface area contributed by atoms with E-state index in [4.69, 9.17) is 10.8 Å². The Morgan fingerprint density at radius 2 is 2.06 bits per heavy atom. The minimum Gasteiger partial charge on any atom is -0.480 e. The van der Waals surface area contributed by atoms with Crippen LogP contribution in [0.4, 0.5) is 0 Å². The van der Waals surface area contributed by atoms with Crippen LogP contribution in [0.15, 0.2) is 12.5 Å². The van der Waals surface area contributed by atoms with Crippen LogP contribution in [0.25, 0.3) is 0 Å². The molecular weight excluding hydrogens is 420 g/mol. The first-order valence-electron chi connectivity index (χ1n) is 10.7. The average molecular weight is 453 g/mol. The van der Waals surface area contributed by atoms with E-state index in [0.717, 1.165) is 0 Å². The quantitative estimate of drug-likeness (QED) is 0.230. The van der Waals surface area contributed by atoms with Crippen molar-refractivity contribution in [3.05, 3.63) is 18.2 Å². The summed E-state index contributed by atoms with van der Waals surface area (Å²) in [5.74, 6) is -3.15. The van der Waals surface area contributed by atoms with Crippen LogP contribution in [0.1, 0.15) is 38.8 Å². The summed E-state index contributed by atoms with van der Waals surface area (Å²) in [7, 11) is 0. The van der Waals surface area contributed by atoms with Gasteiger partial charge in [-0.2, -0.15) is 0 Å². The fraction of sp³-hybridized carbons (Fsp3) is 0.650. The smallest absolute Gasteiger partial charge is 0.326 e. The van der Waals surface area contributed by atoms with Gasteiger partial charge in [0.05, 0.1) is 12.9 Å². The van der Waals surface area contributed by atoms with Crippen molar-refractivity contribution in [2.24, 2.45) is 11.7 Å². The number of carboxylic acids is 1. The Morgan fingerprint density at radius 1 is 1.34 bits per heavy atom. The fourth-order valence-corrected chi connectivity index (χ4v) is 3.61. The second kappa shape index (κ2) is 11.6. The van der Waals surface area contributed by atoms with Crippen molar-refractivity contribution in [3.63, 3.8) is 0 Å². The molecule has 0 spiro atoms. The van der Waals surface area contributed by atoms with Crippen LogP contribution in [0.5, 0.6) is 0 Å². The first kappa shape index (κ1) is 25.3. The SMILES string of the molecule is CCC(C)C(NC(=O)C1CCCN1C(=O)C(Cc1cnc[nH]1)NC(=O)C(N)CO)C(=O)O. The maximum Gasteiger partial charge on any atom is 0.326 e. The second-order valence-electron chi connectivity index (χ2n) is 8.03. The second-order valence-corrected chi connectivity index (χ2v) is 8.03. The Balaban J connectivity index is 2.18. The monoisotopic (exact) mass is 452 g/mol. The minimum absolute atomic E-state index is 0.0815. The third kappa shape index (κ3) is 6.26. The zero-order chi connectivity index (χ0) is 23.8. The number of nitrogens with zero attached hydrogens (tertiary/aromatic N) is 2. The van der Waals surface area contributed by atoms with Crippen molar-refractivity contribution in [3.8, 4) is 0 Å². The molecule has 7 N–H and O–H groups in total. The molecule has 5 unspecified atom stereocenters. The Hall–Kier alpha value is -2.99. The van der Waals surface area contributed by atoms with Gasteiger partial charge in [0.1, 0.15) is 24.2 Å². The van der Waals surface area contributed by atoms with E-state index >= 15 is 0 Å². The predicted octanol–water partition coefficient (Wildman–Crippen LogP) is -1.64. The number of imidazole rings is 1. The number of carbonyl (C=O) groups excluding carboxylic acids is 3. The number of aliphatic carboxylic acids is 1. The highest BCUT2D eigenvalue weighted by Crippen LogP contribution is 2.20. The lowest BCUT2D eigenvalue weighted by atomic mass is 9.98. The van der Waals surface area contributed by atoms with Crippen LogP contribution < -0.4 is 16.4 Å². The van der Waals surface area contributed by atoms with E-state index in [1.165, 1.54) is 17.4 Å². The Morgan fingerprint density at radius 3 is 2.62 bits per heavy atom. The Bertz CT molecular complexity index is 801. The summed E-state index contributed by atoms with van der Waals surface area (Å²) in [5, 5.41) is 23.7. The number of H-pyrrole nitrogens is 1. The number of aliphatic hydroxyl groups is 1. The van der Waals surface area contributed by atoms with Gasteiger partial charge in [0.15, 0.2) is 0 Å². The van der Waals surface area contributed by atoms with Crippen molar-refractivity contribution < 1.29 is 29.4 Å². The van der Waals surface area contributed by atoms with Crippen LogP contribution in [-0.4, -0.2) is 86.1 Å². The van der Waals surface area contributed by atoms with Crippen molar-refractivity contribution in [2.75, 3.05) is 13.2 Å². The topological polar surface area (TPSA) is 191 Å². The van der Waals surface area contributed by atoms with Crippen LogP contribution in [0.2, 0.25) is 0 Å². The van der Waals surface area contributed by atoms with E-state index in [1.54, 1.807) is 6.92 Å². The van der Waals surface area contributed by atoms with Gasteiger partial charge >= 0.3 is 5.97 Å². The Kier molecular flexibility index (Phi) is 9.14. The van der Waals surface area contributed by atoms with Crippen molar-refractivity contribution in [2.45, 2.75) is 63.7 Å². The molecule has 1 aromatic heterocycles. The molecule has 2 rings (SSSR count). The van der Waals surface area contributed by atoms with E-state index < -0.39 is 54.5 Å². The zero-order valence-corrected chi connectivity index (χ0v) is 18.3. The van der Waals surface area contributed by atoms with Crippen LogP contribution >= 0.6 is 0 Å². The molecular formula is C20H32N6O6. The van der Waals surface area contributed by atoms with E-state index in [-0.39, 0.29) is 12.3 Å². The molecule has 12 heteroatoms. The van der Waals surface area contributed by atoms with Gasteiger partial charge in [-0.3, -0.25) is 14.4 Å². The van der Waals surface area contributed by atoms with Crippen LogP contribution in [0, 0.1) is 5.92 Å². The third-order valence-corrected chi connectivity index (χ3v) is 5.74. The number of nitrogens with one attached hydrogen (secondary N) is 3. The molecule has 0 saturated carbocycles. The summed E-state index contributed by atoms with van der Waals surface area (Å²) in [6.45, 7) is 3.27. The molecule has 0 aromatic carbocycles. The molecule has 2 heterocycles. The highest BCUT2D eigenvalue weighted by atomic mass is 16.4. The number of hydrogen-bond acceptors (Lipinski definition) is 7. The fourth-order valence-electron chi connectivity index (χ4n) is 3.61. The largest absolute Gasteiger partial charge is 0.480 e. The molecule has 0 radical (unpaired) electrons. The molecule has 1 aliphatic heterocycles. The molecule has 178 valence electrons. The lowest BCUT2D eigenvalue weighted by Gasteiger charge is -2.30. The summed E-state index contributed by atoms with van der Waals surface area (Å²) in [6, 6.07) is -4.15. The number of carbonyl (C=O) groups is 4. The first-order valence-corrected chi connectivity index (χ1v) is 10.7. The van der Waals surface area contributed by atoms with Gasteiger partial charge in [-0.05, 0) is 18.8 Å². The van der Waals surface area contributed by atoms with E-state index in [0.29, 0.717) is 31.5 Å². The van der Waals surface area contributed by atoms with Crippen molar-refractivity contribution >= 4 is 23.7 Å². The number of nitrogens with two attached hydrogens (primary N) is 1. The highest BCUT2D eigenvalue weighted by Gasteiger charge is 2.39. The van der Waals surface area contributed by atoms with Gasteiger partial charge < -0.3 is 36.5 Å².